The van der Waals surface area contributed by atoms with E-state index in [0.717, 1.165) is 5.56 Å². The zero-order valence-corrected chi connectivity index (χ0v) is 30.2. The average molecular weight is 679 g/mol. The van der Waals surface area contributed by atoms with Crippen molar-refractivity contribution in [1.82, 2.24) is 0 Å². The molecule has 7 rings (SSSR count). The van der Waals surface area contributed by atoms with Crippen LogP contribution in [0.1, 0.15) is 69.4 Å². The second-order valence-corrected chi connectivity index (χ2v) is 16.9. The molecule has 0 radical (unpaired) electrons. The minimum Gasteiger partial charge on any atom is -0.488 e. The van der Waals surface area contributed by atoms with E-state index in [0.29, 0.717) is 17.2 Å². The third kappa shape index (κ3) is 6.01. The molecule has 1 aliphatic rings. The Labute approximate surface area is 296 Å². The third-order valence-corrected chi connectivity index (χ3v) is 11.1. The van der Waals surface area contributed by atoms with Gasteiger partial charge in [0.05, 0.1) is 15.2 Å². The number of hydrogen-bond donors (Lipinski definition) is 0. The highest BCUT2D eigenvalue weighted by atomic mass is 32.2. The van der Waals surface area contributed by atoms with Crippen LogP contribution in [0.2, 0.25) is 0 Å². The normalized spacial score (nSPS) is 13.7. The van der Waals surface area contributed by atoms with Crippen LogP contribution in [0.3, 0.4) is 0 Å². The molecule has 0 saturated heterocycles. The van der Waals surface area contributed by atoms with Crippen LogP contribution in [0.5, 0.6) is 17.2 Å². The molecule has 0 aromatic heterocycles. The molecule has 0 heterocycles. The van der Waals surface area contributed by atoms with Crippen LogP contribution in [0.4, 0.5) is 0 Å². The molecule has 0 aliphatic heterocycles. The van der Waals surface area contributed by atoms with Gasteiger partial charge in [-0.05, 0) is 126 Å². The molecule has 252 valence electrons. The Kier molecular flexibility index (Phi) is 8.23. The van der Waals surface area contributed by atoms with Crippen LogP contribution in [-0.4, -0.2) is 14.0 Å². The fourth-order valence-corrected chi connectivity index (χ4v) is 8.28. The Morgan fingerprint density at radius 1 is 0.480 bits per heavy atom. The smallest absolute Gasteiger partial charge is 0.206 e. The third-order valence-electron chi connectivity index (χ3n) is 9.35. The van der Waals surface area contributed by atoms with Gasteiger partial charge in [-0.25, -0.2) is 8.42 Å². The summed E-state index contributed by atoms with van der Waals surface area (Å²) in [5.74, 6) is 1.84. The van der Waals surface area contributed by atoms with Gasteiger partial charge in [-0.3, -0.25) is 0 Å². The van der Waals surface area contributed by atoms with Gasteiger partial charge in [0.25, 0.3) is 0 Å². The van der Waals surface area contributed by atoms with Crippen molar-refractivity contribution in [3.05, 3.63) is 173 Å². The Balaban J connectivity index is 1.19. The summed E-state index contributed by atoms with van der Waals surface area (Å²) in [4.78, 5) is 0.405. The highest BCUT2D eigenvalue weighted by Gasteiger charge is 2.46. The molecule has 0 unspecified atom stereocenters. The van der Waals surface area contributed by atoms with Crippen molar-refractivity contribution in [1.29, 1.82) is 0 Å². The van der Waals surface area contributed by atoms with Gasteiger partial charge >= 0.3 is 0 Å². The van der Waals surface area contributed by atoms with Crippen LogP contribution in [0.15, 0.2) is 155 Å². The van der Waals surface area contributed by atoms with E-state index < -0.39 is 15.3 Å². The fourth-order valence-electron chi connectivity index (χ4n) is 7.02. The summed E-state index contributed by atoms with van der Waals surface area (Å²) in [7, 11) is -3.71. The summed E-state index contributed by atoms with van der Waals surface area (Å²) in [5.41, 5.74) is 7.82. The first-order valence-electron chi connectivity index (χ1n) is 17.0. The molecule has 0 atom stereocenters. The second-order valence-electron chi connectivity index (χ2n) is 15.0. The number of sulfone groups is 1. The van der Waals surface area contributed by atoms with Crippen LogP contribution >= 0.6 is 0 Å². The minimum atomic E-state index is -3.71. The lowest BCUT2D eigenvalue weighted by atomic mass is 9.67. The van der Waals surface area contributed by atoms with Gasteiger partial charge < -0.3 is 9.47 Å². The Hall–Kier alpha value is -5.13. The molecule has 50 heavy (non-hydrogen) atoms. The van der Waals surface area contributed by atoms with Gasteiger partial charge in [-0.1, -0.05) is 106 Å². The van der Waals surface area contributed by atoms with E-state index in [2.05, 4.69) is 106 Å². The predicted octanol–water partition coefficient (Wildman–Crippen LogP) is 11.1. The molecule has 6 aromatic rings. The summed E-state index contributed by atoms with van der Waals surface area (Å²) < 4.78 is 38.8. The number of benzene rings is 6. The molecule has 6 aromatic carbocycles. The quantitative estimate of drug-likeness (QED) is 0.168. The standard InChI is InChI=1S/C45H42O4S/c1-43(2,3)31-15-17-32(18-16-31)45(41-13-9-7-11-39(41)40-12-8-10-14-42(40)45)33-19-21-34(22-20-33)48-35-23-27-37(28-24-35)50(46,47)38-29-25-36(26-30-38)49-44(4,5)6/h7-30H,1-6H3. The molecule has 0 spiro atoms. The van der Waals surface area contributed by atoms with Crippen molar-refractivity contribution < 1.29 is 17.9 Å². The van der Waals surface area contributed by atoms with E-state index in [1.165, 1.54) is 33.4 Å². The predicted molar refractivity (Wildman–Crippen MR) is 201 cm³/mol. The first-order chi connectivity index (χ1) is 23.8. The minimum absolute atomic E-state index is 0.0471. The SMILES string of the molecule is CC(C)(C)Oc1ccc(S(=O)(=O)c2ccc(Oc3ccc(C4(c5ccc(C(C)(C)C)cc5)c5ccccc5-c5ccccc54)cc3)cc2)cc1. The Morgan fingerprint density at radius 2 is 0.880 bits per heavy atom. The number of fused-ring (bicyclic) bond motifs is 3. The maximum atomic E-state index is 13.4. The first-order valence-corrected chi connectivity index (χ1v) is 18.5. The molecule has 1 aliphatic carbocycles. The fraction of sp³-hybridized carbons (Fsp3) is 0.200. The lowest BCUT2D eigenvalue weighted by Crippen LogP contribution is -2.28. The molecule has 0 fully saturated rings. The van der Waals surface area contributed by atoms with Crippen LogP contribution < -0.4 is 9.47 Å². The van der Waals surface area contributed by atoms with Crippen molar-refractivity contribution in [2.24, 2.45) is 0 Å². The van der Waals surface area contributed by atoms with Gasteiger partial charge in [0.1, 0.15) is 22.8 Å². The number of rotatable bonds is 7. The van der Waals surface area contributed by atoms with Gasteiger partial charge in [-0.15, -0.1) is 0 Å². The van der Waals surface area contributed by atoms with Crippen LogP contribution in [-0.2, 0) is 20.7 Å². The maximum Gasteiger partial charge on any atom is 0.206 e. The molecule has 0 saturated carbocycles. The zero-order valence-electron chi connectivity index (χ0n) is 29.4. The van der Waals surface area contributed by atoms with Crippen molar-refractivity contribution >= 4 is 9.84 Å². The van der Waals surface area contributed by atoms with E-state index in [4.69, 9.17) is 9.47 Å². The summed E-state index contributed by atoms with van der Waals surface area (Å²) in [6.45, 7) is 12.6. The summed E-state index contributed by atoms with van der Waals surface area (Å²) in [6, 6.07) is 47.9. The first kappa shape index (κ1) is 33.4. The lowest BCUT2D eigenvalue weighted by molar-refractivity contribution is 0.131. The Bertz CT molecular complexity index is 2210. The maximum absolute atomic E-state index is 13.4. The topological polar surface area (TPSA) is 52.6 Å². The van der Waals surface area contributed by atoms with Gasteiger partial charge in [0.15, 0.2) is 0 Å². The summed E-state index contributed by atoms with van der Waals surface area (Å²) in [5, 5.41) is 0. The number of hydrogen-bond acceptors (Lipinski definition) is 4. The lowest BCUT2D eigenvalue weighted by Gasteiger charge is -2.34. The van der Waals surface area contributed by atoms with E-state index in [9.17, 15) is 8.42 Å². The summed E-state index contributed by atoms with van der Waals surface area (Å²) in [6.07, 6.45) is 0. The molecule has 0 amide bonds. The zero-order chi connectivity index (χ0) is 35.3. The van der Waals surface area contributed by atoms with Crippen LogP contribution in [0.25, 0.3) is 11.1 Å². The molecular formula is C45H42O4S. The second kappa shape index (κ2) is 12.3. The van der Waals surface area contributed by atoms with E-state index in [1.807, 2.05) is 32.9 Å². The molecule has 0 bridgehead atoms. The highest BCUT2D eigenvalue weighted by molar-refractivity contribution is 7.91. The van der Waals surface area contributed by atoms with E-state index >= 15 is 0 Å². The van der Waals surface area contributed by atoms with Crippen LogP contribution in [0, 0.1) is 0 Å². The average Bonchev–Trinajstić information content (AvgIpc) is 3.39. The molecular weight excluding hydrogens is 637 g/mol. The highest BCUT2D eigenvalue weighted by Crippen LogP contribution is 2.56. The van der Waals surface area contributed by atoms with E-state index in [1.54, 1.807) is 48.5 Å². The van der Waals surface area contributed by atoms with Gasteiger partial charge in [-0.2, -0.15) is 0 Å². The summed E-state index contributed by atoms with van der Waals surface area (Å²) >= 11 is 0. The van der Waals surface area contributed by atoms with E-state index in [-0.39, 0.29) is 20.8 Å². The monoisotopic (exact) mass is 678 g/mol. The van der Waals surface area contributed by atoms with Crippen molar-refractivity contribution in [3.8, 4) is 28.4 Å². The van der Waals surface area contributed by atoms with Gasteiger partial charge in [0.2, 0.25) is 9.84 Å². The van der Waals surface area contributed by atoms with Gasteiger partial charge in [0, 0.05) is 0 Å². The molecule has 0 N–H and O–H groups in total. The largest absolute Gasteiger partial charge is 0.488 e. The number of ether oxygens (including phenoxy) is 2. The van der Waals surface area contributed by atoms with Crippen molar-refractivity contribution in [2.75, 3.05) is 0 Å². The Morgan fingerprint density at radius 3 is 1.32 bits per heavy atom. The molecule has 5 heteroatoms. The van der Waals surface area contributed by atoms with Crippen molar-refractivity contribution in [2.45, 2.75) is 67.8 Å². The van der Waals surface area contributed by atoms with Crippen molar-refractivity contribution in [3.63, 3.8) is 0 Å². The molecule has 4 nitrogen and oxygen atoms in total.